The van der Waals surface area contributed by atoms with Gasteiger partial charge in [-0.05, 0) is 28.8 Å². The van der Waals surface area contributed by atoms with Gasteiger partial charge in [0.1, 0.15) is 6.04 Å². The van der Waals surface area contributed by atoms with Crippen LogP contribution in [0.5, 0.6) is 11.5 Å². The van der Waals surface area contributed by atoms with Gasteiger partial charge in [-0.25, -0.2) is 0 Å². The van der Waals surface area contributed by atoms with Gasteiger partial charge in [0.2, 0.25) is 18.6 Å². The Kier molecular flexibility index (Phi) is 6.70. The molecule has 6 heteroatoms. The van der Waals surface area contributed by atoms with E-state index < -0.39 is 6.04 Å². The highest BCUT2D eigenvalue weighted by Crippen LogP contribution is 2.32. The van der Waals surface area contributed by atoms with Crippen molar-refractivity contribution >= 4 is 11.8 Å². The molecule has 1 atom stereocenters. The number of carbonyl (C=O) groups excluding carboxylic acids is 2. The molecule has 0 unspecified atom stereocenters. The molecule has 3 aromatic rings. The number of carbonyl (C=O) groups is 2. The van der Waals surface area contributed by atoms with Crippen molar-refractivity contribution < 1.29 is 19.1 Å². The first-order chi connectivity index (χ1) is 15.7. The van der Waals surface area contributed by atoms with Gasteiger partial charge in [0.15, 0.2) is 11.5 Å². The standard InChI is InChI=1S/C26H26N2O4/c1-2-24(29)28(17-19-9-5-3-6-10-19)25(21-11-7-4-8-12-21)26(30)27-16-20-13-14-22-23(15-20)32-18-31-22/h3-15,25H,2,16-18H2,1H3,(H,27,30)/t25-/m0/s1. The number of benzene rings is 3. The van der Waals surface area contributed by atoms with E-state index in [9.17, 15) is 9.59 Å². The van der Waals surface area contributed by atoms with Gasteiger partial charge in [-0.15, -0.1) is 0 Å². The summed E-state index contributed by atoms with van der Waals surface area (Å²) in [5, 5.41) is 3.00. The van der Waals surface area contributed by atoms with Gasteiger partial charge in [-0.3, -0.25) is 9.59 Å². The molecule has 4 rings (SSSR count). The summed E-state index contributed by atoms with van der Waals surface area (Å²) >= 11 is 0. The topological polar surface area (TPSA) is 67.9 Å². The third-order valence-electron chi connectivity index (χ3n) is 5.40. The molecule has 0 saturated heterocycles. The number of nitrogens with one attached hydrogen (secondary N) is 1. The first-order valence-corrected chi connectivity index (χ1v) is 10.7. The number of hydrogen-bond acceptors (Lipinski definition) is 4. The van der Waals surface area contributed by atoms with Gasteiger partial charge in [0, 0.05) is 19.5 Å². The zero-order chi connectivity index (χ0) is 22.3. The highest BCUT2D eigenvalue weighted by Gasteiger charge is 2.30. The lowest BCUT2D eigenvalue weighted by Crippen LogP contribution is -2.43. The fraction of sp³-hybridized carbons (Fsp3) is 0.231. The van der Waals surface area contributed by atoms with Gasteiger partial charge in [0.05, 0.1) is 0 Å². The zero-order valence-electron chi connectivity index (χ0n) is 18.0. The first-order valence-electron chi connectivity index (χ1n) is 10.7. The maximum Gasteiger partial charge on any atom is 0.247 e. The van der Waals surface area contributed by atoms with Crippen molar-refractivity contribution in [2.45, 2.75) is 32.5 Å². The molecule has 3 aromatic carbocycles. The van der Waals surface area contributed by atoms with Crippen LogP contribution >= 0.6 is 0 Å². The molecule has 0 aliphatic carbocycles. The van der Waals surface area contributed by atoms with Crippen LogP contribution in [0.25, 0.3) is 0 Å². The van der Waals surface area contributed by atoms with Crippen LogP contribution < -0.4 is 14.8 Å². The predicted molar refractivity (Wildman–Crippen MR) is 121 cm³/mol. The summed E-state index contributed by atoms with van der Waals surface area (Å²) in [6.07, 6.45) is 0.311. The summed E-state index contributed by atoms with van der Waals surface area (Å²) in [7, 11) is 0. The Bertz CT molecular complexity index is 1070. The van der Waals surface area contributed by atoms with E-state index in [0.717, 1.165) is 16.7 Å². The number of nitrogens with zero attached hydrogens (tertiary/aromatic N) is 1. The normalized spacial score (nSPS) is 12.8. The van der Waals surface area contributed by atoms with Crippen molar-refractivity contribution in [1.29, 1.82) is 0 Å². The lowest BCUT2D eigenvalue weighted by Gasteiger charge is -2.31. The molecular weight excluding hydrogens is 404 g/mol. The summed E-state index contributed by atoms with van der Waals surface area (Å²) in [5.41, 5.74) is 2.64. The maximum absolute atomic E-state index is 13.4. The Morgan fingerprint density at radius 2 is 1.59 bits per heavy atom. The van der Waals surface area contributed by atoms with E-state index in [4.69, 9.17) is 9.47 Å². The van der Waals surface area contributed by atoms with Crippen LogP contribution in [0.3, 0.4) is 0 Å². The van der Waals surface area contributed by atoms with Crippen LogP contribution in [0.15, 0.2) is 78.9 Å². The van der Waals surface area contributed by atoms with Crippen molar-refractivity contribution in [3.05, 3.63) is 95.6 Å². The highest BCUT2D eigenvalue weighted by molar-refractivity contribution is 5.88. The third kappa shape index (κ3) is 4.91. The van der Waals surface area contributed by atoms with Crippen molar-refractivity contribution in [3.63, 3.8) is 0 Å². The minimum absolute atomic E-state index is 0.0825. The number of amides is 2. The summed E-state index contributed by atoms with van der Waals surface area (Å²) in [4.78, 5) is 28.0. The van der Waals surface area contributed by atoms with Gasteiger partial charge in [0.25, 0.3) is 0 Å². The molecule has 0 bridgehead atoms. The molecule has 0 radical (unpaired) electrons. The Morgan fingerprint density at radius 1 is 0.906 bits per heavy atom. The van der Waals surface area contributed by atoms with E-state index in [0.29, 0.717) is 31.0 Å². The second-order valence-corrected chi connectivity index (χ2v) is 7.58. The van der Waals surface area contributed by atoms with Crippen molar-refractivity contribution in [2.75, 3.05) is 6.79 Å². The van der Waals surface area contributed by atoms with Gasteiger partial charge in [-0.1, -0.05) is 73.7 Å². The van der Waals surface area contributed by atoms with Crippen LogP contribution in [0.2, 0.25) is 0 Å². The molecule has 0 saturated carbocycles. The molecule has 1 aliphatic heterocycles. The lowest BCUT2D eigenvalue weighted by atomic mass is 10.0. The van der Waals surface area contributed by atoms with E-state index in [2.05, 4.69) is 5.32 Å². The third-order valence-corrected chi connectivity index (χ3v) is 5.40. The van der Waals surface area contributed by atoms with Crippen LogP contribution in [-0.4, -0.2) is 23.5 Å². The summed E-state index contributed by atoms with van der Waals surface area (Å²) in [6.45, 7) is 2.69. The quantitative estimate of drug-likeness (QED) is 0.581. The number of fused-ring (bicyclic) bond motifs is 1. The van der Waals surface area contributed by atoms with E-state index in [1.807, 2.05) is 85.8 Å². The molecule has 0 fully saturated rings. The Labute approximate surface area is 187 Å². The fourth-order valence-corrected chi connectivity index (χ4v) is 3.75. The Hall–Kier alpha value is -3.80. The molecular formula is C26H26N2O4. The highest BCUT2D eigenvalue weighted by atomic mass is 16.7. The Morgan fingerprint density at radius 3 is 2.31 bits per heavy atom. The largest absolute Gasteiger partial charge is 0.454 e. The van der Waals surface area contributed by atoms with Crippen LogP contribution in [0.1, 0.15) is 36.1 Å². The van der Waals surface area contributed by atoms with Crippen LogP contribution in [0, 0.1) is 0 Å². The SMILES string of the molecule is CCC(=O)N(Cc1ccccc1)[C@H](C(=O)NCc1ccc2c(c1)OCO2)c1ccccc1. The monoisotopic (exact) mass is 430 g/mol. The molecule has 1 N–H and O–H groups in total. The number of ether oxygens (including phenoxy) is 2. The molecule has 32 heavy (non-hydrogen) atoms. The van der Waals surface area contributed by atoms with E-state index >= 15 is 0 Å². The number of hydrogen-bond donors (Lipinski definition) is 1. The predicted octanol–water partition coefficient (Wildman–Crippen LogP) is 4.21. The number of rotatable bonds is 8. The van der Waals surface area contributed by atoms with Crippen molar-refractivity contribution in [3.8, 4) is 11.5 Å². The Balaban J connectivity index is 1.58. The average Bonchev–Trinajstić information content (AvgIpc) is 3.31. The molecule has 2 amide bonds. The average molecular weight is 431 g/mol. The zero-order valence-corrected chi connectivity index (χ0v) is 18.0. The molecule has 6 nitrogen and oxygen atoms in total. The molecule has 0 spiro atoms. The lowest BCUT2D eigenvalue weighted by molar-refractivity contribution is -0.141. The summed E-state index contributed by atoms with van der Waals surface area (Å²) in [6, 6.07) is 24.0. The van der Waals surface area contributed by atoms with E-state index in [1.54, 1.807) is 4.90 Å². The molecule has 164 valence electrons. The fourth-order valence-electron chi connectivity index (χ4n) is 3.75. The molecule has 1 aliphatic rings. The van der Waals surface area contributed by atoms with Crippen molar-refractivity contribution in [1.82, 2.24) is 10.2 Å². The minimum atomic E-state index is -0.738. The summed E-state index contributed by atoms with van der Waals surface area (Å²) in [5.74, 6) is 1.06. The second kappa shape index (κ2) is 10.0. The van der Waals surface area contributed by atoms with Gasteiger partial charge >= 0.3 is 0 Å². The van der Waals surface area contributed by atoms with Gasteiger partial charge < -0.3 is 19.7 Å². The van der Waals surface area contributed by atoms with Gasteiger partial charge in [-0.2, -0.15) is 0 Å². The maximum atomic E-state index is 13.4. The minimum Gasteiger partial charge on any atom is -0.454 e. The van der Waals surface area contributed by atoms with E-state index in [1.165, 1.54) is 0 Å². The second-order valence-electron chi connectivity index (χ2n) is 7.58. The van der Waals surface area contributed by atoms with E-state index in [-0.39, 0.29) is 18.6 Å². The molecule has 1 heterocycles. The molecule has 0 aromatic heterocycles. The summed E-state index contributed by atoms with van der Waals surface area (Å²) < 4.78 is 10.8. The van der Waals surface area contributed by atoms with Crippen LogP contribution in [0.4, 0.5) is 0 Å². The van der Waals surface area contributed by atoms with Crippen LogP contribution in [-0.2, 0) is 22.7 Å². The van der Waals surface area contributed by atoms with Crippen molar-refractivity contribution in [2.24, 2.45) is 0 Å². The first kappa shape index (κ1) is 21.4. The smallest absolute Gasteiger partial charge is 0.247 e.